The highest BCUT2D eigenvalue weighted by Gasteiger charge is 2.23. The summed E-state index contributed by atoms with van der Waals surface area (Å²) >= 11 is 0. The maximum Gasteiger partial charge on any atom is 0.297 e. The van der Waals surface area contributed by atoms with E-state index in [-0.39, 0.29) is 34.5 Å². The van der Waals surface area contributed by atoms with Crippen molar-refractivity contribution in [2.45, 2.75) is 34.5 Å². The van der Waals surface area contributed by atoms with E-state index in [9.17, 15) is 25.3 Å². The van der Waals surface area contributed by atoms with Crippen LogP contribution in [0.15, 0.2) is 227 Å². The molecule has 8 aromatic carbocycles. The van der Waals surface area contributed by atoms with E-state index in [2.05, 4.69) is 0 Å². The van der Waals surface area contributed by atoms with Crippen molar-refractivity contribution in [3.05, 3.63) is 229 Å². The lowest BCUT2D eigenvalue weighted by Crippen LogP contribution is -2.13. The second-order valence-corrected chi connectivity index (χ2v) is 19.4. The minimum absolute atomic E-state index is 0.0184. The first kappa shape index (κ1) is 43.9. The summed E-state index contributed by atoms with van der Waals surface area (Å²) in [6, 6.07) is 61.2. The highest BCUT2D eigenvalue weighted by Crippen LogP contribution is 2.40. The summed E-state index contributed by atoms with van der Waals surface area (Å²) in [6.07, 6.45) is 0. The predicted octanol–water partition coefficient (Wildman–Crippen LogP) is 11.2. The van der Waals surface area contributed by atoms with Crippen LogP contribution in [0.3, 0.4) is 0 Å². The second kappa shape index (κ2) is 19.4. The lowest BCUT2D eigenvalue weighted by Gasteiger charge is -2.28. The first-order valence-corrected chi connectivity index (χ1v) is 24.3. The molecule has 0 bridgehead atoms. The van der Waals surface area contributed by atoms with Crippen molar-refractivity contribution in [2.75, 3.05) is 4.90 Å². The molecule has 0 fully saturated rings. The van der Waals surface area contributed by atoms with Crippen molar-refractivity contribution in [1.82, 2.24) is 0 Å². The standard InChI is InChI=1S/C51H41NO9S3/c53-62(54,47-23-10-3-11-24-47)59-36-39-17-16-22-44(33-39)52(45-29-31-50(40-18-6-1-7-19-40)42(34-45)37-60-63(55,56)48-25-12-4-13-26-48)46-30-32-51(41-20-8-2-9-21-41)43(35-46)38-61-64(57,58)49-27-14-5-15-28-49/h1-35H,36-38H2. The Balaban J connectivity index is 1.25. The second-order valence-electron chi connectivity index (χ2n) is 14.5. The van der Waals surface area contributed by atoms with Crippen LogP contribution in [0, 0.1) is 0 Å². The molecular formula is C51H41NO9S3. The molecular weight excluding hydrogens is 867 g/mol. The van der Waals surface area contributed by atoms with Crippen LogP contribution in [0.5, 0.6) is 0 Å². The van der Waals surface area contributed by atoms with Crippen molar-refractivity contribution >= 4 is 47.4 Å². The number of hydrogen-bond donors (Lipinski definition) is 0. The van der Waals surface area contributed by atoms with Gasteiger partial charge in [-0.2, -0.15) is 25.3 Å². The lowest BCUT2D eigenvalue weighted by molar-refractivity contribution is 0.307. The minimum atomic E-state index is -4.15. The van der Waals surface area contributed by atoms with Crippen molar-refractivity contribution in [3.8, 4) is 22.3 Å². The molecule has 0 aliphatic heterocycles. The Morgan fingerprint density at radius 2 is 0.672 bits per heavy atom. The Labute approximate surface area is 374 Å². The van der Waals surface area contributed by atoms with Gasteiger partial charge in [-0.05, 0) is 112 Å². The van der Waals surface area contributed by atoms with Crippen LogP contribution >= 0.6 is 0 Å². The van der Waals surface area contributed by atoms with Crippen molar-refractivity contribution in [3.63, 3.8) is 0 Å². The number of nitrogens with zero attached hydrogens (tertiary/aromatic N) is 1. The summed E-state index contributed by atoms with van der Waals surface area (Å²) in [5.41, 5.74) is 6.55. The normalized spacial score (nSPS) is 11.9. The molecule has 0 aromatic heterocycles. The molecule has 322 valence electrons. The molecule has 0 spiro atoms. The Morgan fingerprint density at radius 3 is 1.06 bits per heavy atom. The zero-order valence-corrected chi connectivity index (χ0v) is 36.6. The van der Waals surface area contributed by atoms with Crippen LogP contribution in [0.1, 0.15) is 16.7 Å². The third-order valence-electron chi connectivity index (χ3n) is 10.2. The van der Waals surface area contributed by atoms with Gasteiger partial charge in [0.2, 0.25) is 0 Å². The summed E-state index contributed by atoms with van der Waals surface area (Å²) in [4.78, 5) is 1.97. The van der Waals surface area contributed by atoms with Crippen molar-refractivity contribution in [2.24, 2.45) is 0 Å². The van der Waals surface area contributed by atoms with Gasteiger partial charge in [-0.15, -0.1) is 0 Å². The minimum Gasteiger partial charge on any atom is -0.310 e. The van der Waals surface area contributed by atoms with Crippen LogP contribution in [0.2, 0.25) is 0 Å². The first-order chi connectivity index (χ1) is 31.0. The van der Waals surface area contributed by atoms with E-state index in [1.807, 2.05) is 108 Å². The summed E-state index contributed by atoms with van der Waals surface area (Å²) in [5, 5.41) is 0. The van der Waals surface area contributed by atoms with E-state index >= 15 is 0 Å². The maximum absolute atomic E-state index is 13.4. The van der Waals surface area contributed by atoms with E-state index in [1.165, 1.54) is 36.4 Å². The topological polar surface area (TPSA) is 133 Å². The van der Waals surface area contributed by atoms with E-state index in [4.69, 9.17) is 12.5 Å². The molecule has 8 aromatic rings. The van der Waals surface area contributed by atoms with Crippen LogP contribution < -0.4 is 4.90 Å². The van der Waals surface area contributed by atoms with Crippen LogP contribution in [-0.4, -0.2) is 25.3 Å². The molecule has 0 unspecified atom stereocenters. The third-order valence-corrected chi connectivity index (χ3v) is 14.1. The van der Waals surface area contributed by atoms with Gasteiger partial charge in [-0.1, -0.05) is 140 Å². The van der Waals surface area contributed by atoms with E-state index in [0.717, 1.165) is 22.3 Å². The molecule has 64 heavy (non-hydrogen) atoms. The van der Waals surface area contributed by atoms with Gasteiger partial charge in [0.15, 0.2) is 0 Å². The number of hydrogen-bond acceptors (Lipinski definition) is 10. The molecule has 0 aliphatic rings. The fourth-order valence-electron chi connectivity index (χ4n) is 7.10. The summed E-state index contributed by atoms with van der Waals surface area (Å²) in [7, 11) is -12.4. The summed E-state index contributed by atoms with van der Waals surface area (Å²) in [5.74, 6) is 0. The third kappa shape index (κ3) is 10.4. The highest BCUT2D eigenvalue weighted by atomic mass is 32.2. The molecule has 0 radical (unpaired) electrons. The van der Waals surface area contributed by atoms with Gasteiger partial charge in [-0.3, -0.25) is 12.5 Å². The molecule has 13 heteroatoms. The predicted molar refractivity (Wildman–Crippen MR) is 247 cm³/mol. The highest BCUT2D eigenvalue weighted by molar-refractivity contribution is 7.87. The van der Waals surface area contributed by atoms with Gasteiger partial charge < -0.3 is 4.90 Å². The molecule has 0 saturated heterocycles. The monoisotopic (exact) mass is 907 g/mol. The molecule has 0 atom stereocenters. The molecule has 8 rings (SSSR count). The van der Waals surface area contributed by atoms with Gasteiger partial charge in [0, 0.05) is 17.1 Å². The Bertz CT molecular complexity index is 3030. The van der Waals surface area contributed by atoms with Crippen LogP contribution in [0.25, 0.3) is 22.3 Å². The zero-order chi connectivity index (χ0) is 44.6. The number of anilines is 3. The quantitative estimate of drug-likeness (QED) is 0.0813. The fourth-order valence-corrected chi connectivity index (χ4v) is 9.84. The summed E-state index contributed by atoms with van der Waals surface area (Å²) in [6.45, 7) is -0.888. The number of benzene rings is 8. The van der Waals surface area contributed by atoms with Gasteiger partial charge in [-0.25, -0.2) is 0 Å². The average Bonchev–Trinajstić information content (AvgIpc) is 3.34. The van der Waals surface area contributed by atoms with Crippen LogP contribution in [0.4, 0.5) is 17.1 Å². The Morgan fingerprint density at radius 1 is 0.328 bits per heavy atom. The Hall–Kier alpha value is -6.71. The van der Waals surface area contributed by atoms with E-state index in [0.29, 0.717) is 33.8 Å². The first-order valence-electron chi connectivity index (χ1n) is 20.1. The van der Waals surface area contributed by atoms with E-state index < -0.39 is 30.4 Å². The van der Waals surface area contributed by atoms with Gasteiger partial charge >= 0.3 is 0 Å². The summed E-state index contributed by atoms with van der Waals surface area (Å²) < 4.78 is 97.0. The van der Waals surface area contributed by atoms with Gasteiger partial charge in [0.25, 0.3) is 30.4 Å². The molecule has 0 N–H and O–H groups in total. The molecule has 0 saturated carbocycles. The largest absolute Gasteiger partial charge is 0.310 e. The molecule has 0 amide bonds. The maximum atomic E-state index is 13.4. The SMILES string of the molecule is O=S(=O)(OCc1cccc(N(c2ccc(-c3ccccc3)c(COS(=O)(=O)c3ccccc3)c2)c2ccc(-c3ccccc3)c(COS(=O)(=O)c3ccccc3)c2)c1)c1ccccc1. The van der Waals surface area contributed by atoms with Gasteiger partial charge in [0.1, 0.15) is 0 Å². The molecule has 0 heterocycles. The zero-order valence-electron chi connectivity index (χ0n) is 34.2. The smallest absolute Gasteiger partial charge is 0.297 e. The van der Waals surface area contributed by atoms with Crippen molar-refractivity contribution < 1.29 is 37.8 Å². The van der Waals surface area contributed by atoms with Crippen LogP contribution in [-0.2, 0) is 62.7 Å². The molecule has 0 aliphatic carbocycles. The number of rotatable bonds is 17. The fraction of sp³-hybridized carbons (Fsp3) is 0.0588. The van der Waals surface area contributed by atoms with Crippen molar-refractivity contribution in [1.29, 1.82) is 0 Å². The van der Waals surface area contributed by atoms with E-state index in [1.54, 1.807) is 72.8 Å². The molecule has 10 nitrogen and oxygen atoms in total. The Kier molecular flexibility index (Phi) is 13.3. The average molecular weight is 908 g/mol. The van der Waals surface area contributed by atoms with Gasteiger partial charge in [0.05, 0.1) is 34.5 Å². The lowest BCUT2D eigenvalue weighted by atomic mass is 9.97.